The van der Waals surface area contributed by atoms with Crippen LogP contribution in [-0.4, -0.2) is 40.0 Å². The molecule has 0 spiro atoms. The molecule has 0 aliphatic carbocycles. The molecule has 8 nitrogen and oxygen atoms in total. The largest absolute Gasteiger partial charge is 0.396 e. The second-order valence-corrected chi connectivity index (χ2v) is 5.81. The number of anilines is 1. The fourth-order valence-corrected chi connectivity index (χ4v) is 2.82. The quantitative estimate of drug-likeness (QED) is 0.353. The zero-order valence-corrected chi connectivity index (χ0v) is 13.7. The first-order valence-electron chi connectivity index (χ1n) is 8.09. The molecule has 25 heavy (non-hydrogen) atoms. The van der Waals surface area contributed by atoms with Crippen LogP contribution in [0.3, 0.4) is 0 Å². The van der Waals surface area contributed by atoms with E-state index in [4.69, 9.17) is 5.11 Å². The second kappa shape index (κ2) is 8.80. The summed E-state index contributed by atoms with van der Waals surface area (Å²) in [4.78, 5) is 24.3. The summed E-state index contributed by atoms with van der Waals surface area (Å²) < 4.78 is 0. The fourth-order valence-electron chi connectivity index (χ4n) is 2.82. The topological polar surface area (TPSA) is 120 Å². The molecule has 0 radical (unpaired) electrons. The zero-order valence-electron chi connectivity index (χ0n) is 13.7. The van der Waals surface area contributed by atoms with Gasteiger partial charge in [0, 0.05) is 43.2 Å². The van der Waals surface area contributed by atoms with E-state index in [9.17, 15) is 20.2 Å². The Morgan fingerprint density at radius 1 is 1.44 bits per heavy atom. The van der Waals surface area contributed by atoms with Crippen molar-refractivity contribution < 1.29 is 14.8 Å². The number of aliphatic hydroxyl groups excluding tert-OH is 1. The standard InChI is InChI=1S/C17H20N4O4/c18-11-13(12-20-9-2-1-3-15(20)8-10-22)17(23)19-14-4-6-16(7-5-14)21(24)25/h4-7,12,15,22H,1-3,8-10H2,(H,19,23)/b13-12-. The van der Waals surface area contributed by atoms with Gasteiger partial charge in [0.05, 0.1) is 4.92 Å². The molecule has 1 atom stereocenters. The summed E-state index contributed by atoms with van der Waals surface area (Å²) in [7, 11) is 0. The molecule has 0 aromatic heterocycles. The van der Waals surface area contributed by atoms with Crippen molar-refractivity contribution in [2.75, 3.05) is 18.5 Å². The molecular formula is C17H20N4O4. The van der Waals surface area contributed by atoms with E-state index in [1.54, 1.807) is 6.20 Å². The minimum Gasteiger partial charge on any atom is -0.396 e. The average molecular weight is 344 g/mol. The molecule has 1 unspecified atom stereocenters. The van der Waals surface area contributed by atoms with Crippen LogP contribution in [0.25, 0.3) is 0 Å². The van der Waals surface area contributed by atoms with Gasteiger partial charge < -0.3 is 15.3 Å². The lowest BCUT2D eigenvalue weighted by atomic mass is 10.00. The molecule has 1 saturated heterocycles. The first kappa shape index (κ1) is 18.4. The molecule has 2 N–H and O–H groups in total. The van der Waals surface area contributed by atoms with Crippen LogP contribution < -0.4 is 5.32 Å². The van der Waals surface area contributed by atoms with Crippen molar-refractivity contribution in [3.05, 3.63) is 46.2 Å². The Balaban J connectivity index is 2.09. The number of nitro benzene ring substituents is 1. The number of nitriles is 1. The highest BCUT2D eigenvalue weighted by Gasteiger charge is 2.21. The van der Waals surface area contributed by atoms with Crippen molar-refractivity contribution in [1.82, 2.24) is 4.90 Å². The van der Waals surface area contributed by atoms with Gasteiger partial charge in [0.2, 0.25) is 0 Å². The number of amides is 1. The SMILES string of the molecule is N#C/C(=C/N1CCCCC1CCO)C(=O)Nc1ccc([N+](=O)[O-])cc1. The van der Waals surface area contributed by atoms with E-state index >= 15 is 0 Å². The van der Waals surface area contributed by atoms with Crippen molar-refractivity contribution in [1.29, 1.82) is 5.26 Å². The molecule has 132 valence electrons. The van der Waals surface area contributed by atoms with Gasteiger partial charge in [-0.1, -0.05) is 0 Å². The molecular weight excluding hydrogens is 324 g/mol. The lowest BCUT2D eigenvalue weighted by Crippen LogP contribution is -2.37. The van der Waals surface area contributed by atoms with Crippen LogP contribution in [0.4, 0.5) is 11.4 Å². The van der Waals surface area contributed by atoms with Crippen molar-refractivity contribution in [3.63, 3.8) is 0 Å². The molecule has 1 aliphatic heterocycles. The number of carbonyl (C=O) groups excluding carboxylic acids is 1. The van der Waals surface area contributed by atoms with Gasteiger partial charge in [0.25, 0.3) is 11.6 Å². The Morgan fingerprint density at radius 3 is 2.76 bits per heavy atom. The summed E-state index contributed by atoms with van der Waals surface area (Å²) in [6, 6.07) is 7.42. The Labute approximate surface area is 145 Å². The summed E-state index contributed by atoms with van der Waals surface area (Å²) in [5.74, 6) is -0.565. The summed E-state index contributed by atoms with van der Waals surface area (Å²) in [5, 5.41) is 31.7. The number of likely N-dealkylation sites (tertiary alicyclic amines) is 1. The van der Waals surface area contributed by atoms with E-state index in [1.807, 2.05) is 11.0 Å². The molecule has 1 aromatic carbocycles. The summed E-state index contributed by atoms with van der Waals surface area (Å²) >= 11 is 0. The highest BCUT2D eigenvalue weighted by molar-refractivity contribution is 6.06. The average Bonchev–Trinajstić information content (AvgIpc) is 2.61. The van der Waals surface area contributed by atoms with Crippen LogP contribution in [0.5, 0.6) is 0 Å². The zero-order chi connectivity index (χ0) is 18.2. The lowest BCUT2D eigenvalue weighted by molar-refractivity contribution is -0.384. The maximum absolute atomic E-state index is 12.3. The van der Waals surface area contributed by atoms with Crippen LogP contribution in [0, 0.1) is 21.4 Å². The second-order valence-electron chi connectivity index (χ2n) is 5.81. The summed E-state index contributed by atoms with van der Waals surface area (Å²) in [6.45, 7) is 0.798. The van der Waals surface area contributed by atoms with E-state index in [2.05, 4.69) is 5.32 Å². The summed E-state index contributed by atoms with van der Waals surface area (Å²) in [5.41, 5.74) is 0.264. The third kappa shape index (κ3) is 5.02. The molecule has 1 aliphatic rings. The molecule has 1 heterocycles. The minimum atomic E-state index is -0.565. The lowest BCUT2D eigenvalue weighted by Gasteiger charge is -2.34. The first-order valence-corrected chi connectivity index (χ1v) is 8.09. The van der Waals surface area contributed by atoms with Gasteiger partial charge in [-0.2, -0.15) is 5.26 Å². The molecule has 0 bridgehead atoms. The number of rotatable bonds is 6. The molecule has 2 rings (SSSR count). The van der Waals surface area contributed by atoms with E-state index in [0.29, 0.717) is 12.1 Å². The van der Waals surface area contributed by atoms with Gasteiger partial charge in [-0.05, 0) is 37.8 Å². The third-order valence-electron chi connectivity index (χ3n) is 4.13. The number of nitrogens with zero attached hydrogens (tertiary/aromatic N) is 3. The summed E-state index contributed by atoms with van der Waals surface area (Å²) in [6.07, 6.45) is 5.09. The number of carbonyl (C=O) groups is 1. The number of nitrogens with one attached hydrogen (secondary N) is 1. The highest BCUT2D eigenvalue weighted by atomic mass is 16.6. The normalized spacial score (nSPS) is 17.7. The number of aliphatic hydroxyl groups is 1. The number of piperidine rings is 1. The maximum atomic E-state index is 12.3. The van der Waals surface area contributed by atoms with Gasteiger partial charge in [-0.15, -0.1) is 0 Å². The Morgan fingerprint density at radius 2 is 2.16 bits per heavy atom. The van der Waals surface area contributed by atoms with Gasteiger partial charge in [-0.3, -0.25) is 14.9 Å². The van der Waals surface area contributed by atoms with Crippen molar-refractivity contribution in [2.45, 2.75) is 31.7 Å². The van der Waals surface area contributed by atoms with Gasteiger partial charge in [-0.25, -0.2) is 0 Å². The number of hydrogen-bond acceptors (Lipinski definition) is 6. The first-order chi connectivity index (χ1) is 12.0. The van der Waals surface area contributed by atoms with Crippen molar-refractivity contribution in [2.24, 2.45) is 0 Å². The highest BCUT2D eigenvalue weighted by Crippen LogP contribution is 2.21. The number of benzene rings is 1. The smallest absolute Gasteiger partial charge is 0.269 e. The molecule has 1 aromatic rings. The number of hydrogen-bond donors (Lipinski definition) is 2. The molecule has 1 amide bonds. The Bertz CT molecular complexity index is 692. The monoisotopic (exact) mass is 344 g/mol. The van der Waals surface area contributed by atoms with E-state index < -0.39 is 10.8 Å². The minimum absolute atomic E-state index is 0.0387. The Hall–Kier alpha value is -2.92. The van der Waals surface area contributed by atoms with Crippen molar-refractivity contribution in [3.8, 4) is 6.07 Å². The van der Waals surface area contributed by atoms with Crippen LogP contribution in [-0.2, 0) is 4.79 Å². The van der Waals surface area contributed by atoms with Gasteiger partial charge >= 0.3 is 0 Å². The predicted octanol–water partition coefficient (Wildman–Crippen LogP) is 2.18. The van der Waals surface area contributed by atoms with Crippen LogP contribution in [0.1, 0.15) is 25.7 Å². The van der Waals surface area contributed by atoms with Gasteiger partial charge in [0.15, 0.2) is 0 Å². The van der Waals surface area contributed by atoms with Crippen molar-refractivity contribution >= 4 is 17.3 Å². The molecule has 1 fully saturated rings. The van der Waals surface area contributed by atoms with Gasteiger partial charge in [0.1, 0.15) is 11.6 Å². The van der Waals surface area contributed by atoms with Crippen LogP contribution in [0.2, 0.25) is 0 Å². The van der Waals surface area contributed by atoms with E-state index in [0.717, 1.165) is 25.8 Å². The molecule has 8 heteroatoms. The van der Waals surface area contributed by atoms with E-state index in [-0.39, 0.29) is 23.9 Å². The third-order valence-corrected chi connectivity index (χ3v) is 4.13. The fraction of sp³-hybridized carbons (Fsp3) is 0.412. The Kier molecular flexibility index (Phi) is 6.48. The number of non-ortho nitro benzene ring substituents is 1. The van der Waals surface area contributed by atoms with Crippen LogP contribution in [0.15, 0.2) is 36.0 Å². The maximum Gasteiger partial charge on any atom is 0.269 e. The van der Waals surface area contributed by atoms with E-state index in [1.165, 1.54) is 24.3 Å². The number of nitro groups is 1. The molecule has 0 saturated carbocycles. The predicted molar refractivity (Wildman–Crippen MR) is 91.5 cm³/mol. The van der Waals surface area contributed by atoms with Crippen LogP contribution >= 0.6 is 0 Å².